The van der Waals surface area contributed by atoms with Crippen LogP contribution in [-0.4, -0.2) is 30.2 Å². The minimum atomic E-state index is -0.315. The van der Waals surface area contributed by atoms with Crippen LogP contribution in [0.5, 0.6) is 11.5 Å². The van der Waals surface area contributed by atoms with Crippen LogP contribution in [0.2, 0.25) is 0 Å². The number of thiophene rings is 1. The van der Waals surface area contributed by atoms with Crippen molar-refractivity contribution >= 4 is 28.1 Å². The third-order valence-electron chi connectivity index (χ3n) is 4.76. The van der Waals surface area contributed by atoms with Crippen molar-refractivity contribution in [3.63, 3.8) is 0 Å². The Kier molecular flexibility index (Phi) is 5.85. The number of methoxy groups -OCH3 is 1. The van der Waals surface area contributed by atoms with Gasteiger partial charge in [0.2, 0.25) is 0 Å². The normalized spacial score (nSPS) is 11.1. The molecular weight excluding hydrogens is 405 g/mol. The summed E-state index contributed by atoms with van der Waals surface area (Å²) in [5.74, 6) is 2.43. The summed E-state index contributed by atoms with van der Waals surface area (Å²) in [5.41, 5.74) is 2.09. The predicted molar refractivity (Wildman–Crippen MR) is 116 cm³/mol. The van der Waals surface area contributed by atoms with Crippen molar-refractivity contribution in [1.29, 1.82) is 0 Å². The minimum absolute atomic E-state index is 0.315. The highest BCUT2D eigenvalue weighted by atomic mass is 32.1. The van der Waals surface area contributed by atoms with Gasteiger partial charge in [0.15, 0.2) is 11.3 Å². The second kappa shape index (κ2) is 8.71. The Labute approximate surface area is 177 Å². The summed E-state index contributed by atoms with van der Waals surface area (Å²) in [4.78, 5) is 9.65. The van der Waals surface area contributed by atoms with E-state index in [4.69, 9.17) is 13.9 Å². The van der Waals surface area contributed by atoms with Crippen LogP contribution in [0.15, 0.2) is 40.4 Å². The highest BCUT2D eigenvalue weighted by molar-refractivity contribution is 7.13. The molecule has 6 nitrogen and oxygen atoms in total. The van der Waals surface area contributed by atoms with Gasteiger partial charge in [-0.15, -0.1) is 11.3 Å². The van der Waals surface area contributed by atoms with Crippen LogP contribution in [0, 0.1) is 12.7 Å². The van der Waals surface area contributed by atoms with Crippen molar-refractivity contribution in [2.75, 3.05) is 25.6 Å². The van der Waals surface area contributed by atoms with Crippen molar-refractivity contribution in [3.05, 3.63) is 53.1 Å². The lowest BCUT2D eigenvalue weighted by Gasteiger charge is -2.07. The summed E-state index contributed by atoms with van der Waals surface area (Å²) >= 11 is 1.57. The molecule has 0 unspecified atom stereocenters. The van der Waals surface area contributed by atoms with Gasteiger partial charge in [-0.25, -0.2) is 14.4 Å². The summed E-state index contributed by atoms with van der Waals surface area (Å²) in [7, 11) is 1.55. The third kappa shape index (κ3) is 3.95. The third-order valence-corrected chi connectivity index (χ3v) is 5.69. The molecule has 0 atom stereocenters. The maximum Gasteiger partial charge on any atom is 0.179 e. The number of hydrogen-bond acceptors (Lipinski definition) is 7. The molecule has 30 heavy (non-hydrogen) atoms. The van der Waals surface area contributed by atoms with Gasteiger partial charge in [-0.2, -0.15) is 0 Å². The lowest BCUT2D eigenvalue weighted by molar-refractivity contribution is 0.342. The Morgan fingerprint density at radius 1 is 1.23 bits per heavy atom. The number of nitrogens with zero attached hydrogens (tertiary/aromatic N) is 2. The highest BCUT2D eigenvalue weighted by Gasteiger charge is 2.18. The number of nitrogens with one attached hydrogen (secondary N) is 1. The fraction of sp³-hybridized carbons (Fsp3) is 0.273. The molecule has 0 saturated carbocycles. The van der Waals surface area contributed by atoms with Gasteiger partial charge in [0.05, 0.1) is 29.7 Å². The van der Waals surface area contributed by atoms with Crippen LogP contribution in [0.4, 0.5) is 10.2 Å². The number of hydrogen-bond donors (Lipinski definition) is 1. The molecule has 0 radical (unpaired) electrons. The first-order valence-corrected chi connectivity index (χ1v) is 10.5. The van der Waals surface area contributed by atoms with Crippen LogP contribution < -0.4 is 14.8 Å². The van der Waals surface area contributed by atoms with Gasteiger partial charge in [-0.05, 0) is 32.4 Å². The van der Waals surface area contributed by atoms with E-state index in [1.54, 1.807) is 24.5 Å². The molecule has 0 spiro atoms. The molecule has 4 rings (SSSR count). The van der Waals surface area contributed by atoms with Crippen LogP contribution in [0.3, 0.4) is 0 Å². The number of benzene rings is 1. The Balaban J connectivity index is 1.49. The molecule has 156 valence electrons. The molecule has 8 heteroatoms. The zero-order chi connectivity index (χ0) is 21.1. The van der Waals surface area contributed by atoms with Gasteiger partial charge in [-0.1, -0.05) is 0 Å². The quantitative estimate of drug-likeness (QED) is 0.403. The maximum atomic E-state index is 14.5. The number of rotatable bonds is 8. The molecule has 1 N–H and O–H groups in total. The van der Waals surface area contributed by atoms with Crippen LogP contribution in [0.1, 0.15) is 18.2 Å². The number of aromatic nitrogens is 2. The summed E-state index contributed by atoms with van der Waals surface area (Å²) in [6, 6.07) is 6.84. The van der Waals surface area contributed by atoms with E-state index in [-0.39, 0.29) is 5.82 Å². The smallest absolute Gasteiger partial charge is 0.179 e. The van der Waals surface area contributed by atoms with E-state index in [0.29, 0.717) is 47.9 Å². The highest BCUT2D eigenvalue weighted by Crippen LogP contribution is 2.35. The van der Waals surface area contributed by atoms with E-state index in [9.17, 15) is 4.39 Å². The van der Waals surface area contributed by atoms with Crippen molar-refractivity contribution in [3.8, 4) is 22.1 Å². The van der Waals surface area contributed by atoms with E-state index in [1.807, 2.05) is 31.4 Å². The lowest BCUT2D eigenvalue weighted by Crippen LogP contribution is -2.07. The van der Waals surface area contributed by atoms with E-state index in [2.05, 4.69) is 15.3 Å². The Hall–Kier alpha value is -3.13. The van der Waals surface area contributed by atoms with Crippen LogP contribution >= 0.6 is 11.3 Å². The minimum Gasteiger partial charge on any atom is -0.493 e. The molecule has 0 saturated heterocycles. The number of aryl methyl sites for hydroxylation is 1. The Morgan fingerprint density at radius 2 is 2.10 bits per heavy atom. The van der Waals surface area contributed by atoms with Gasteiger partial charge in [0.1, 0.15) is 29.5 Å². The number of fused-ring (bicyclic) bond motifs is 1. The number of ether oxygens (including phenoxy) is 2. The first kappa shape index (κ1) is 20.2. The number of anilines is 1. The molecule has 0 fully saturated rings. The van der Waals surface area contributed by atoms with E-state index in [1.165, 1.54) is 12.4 Å². The maximum absolute atomic E-state index is 14.5. The molecule has 0 amide bonds. The van der Waals surface area contributed by atoms with Gasteiger partial charge in [0.25, 0.3) is 0 Å². The molecule has 3 heterocycles. The van der Waals surface area contributed by atoms with Gasteiger partial charge in [-0.3, -0.25) is 0 Å². The zero-order valence-electron chi connectivity index (χ0n) is 17.0. The summed E-state index contributed by atoms with van der Waals surface area (Å²) in [6.45, 7) is 4.99. The Bertz CT molecular complexity index is 1170. The number of furan rings is 1. The number of halogens is 1. The van der Waals surface area contributed by atoms with Gasteiger partial charge in [0, 0.05) is 29.6 Å². The lowest BCUT2D eigenvalue weighted by atomic mass is 10.1. The van der Waals surface area contributed by atoms with Gasteiger partial charge < -0.3 is 19.2 Å². The monoisotopic (exact) mass is 427 g/mol. The summed E-state index contributed by atoms with van der Waals surface area (Å²) < 4.78 is 31.0. The second-order valence-corrected chi connectivity index (χ2v) is 7.55. The van der Waals surface area contributed by atoms with Crippen LogP contribution in [0.25, 0.3) is 21.5 Å². The molecular formula is C22H22FN3O3S. The topological polar surface area (TPSA) is 69.4 Å². The molecule has 0 aliphatic heterocycles. The average Bonchev–Trinajstić information content (AvgIpc) is 3.34. The average molecular weight is 428 g/mol. The predicted octanol–water partition coefficient (Wildman–Crippen LogP) is 5.46. The second-order valence-electron chi connectivity index (χ2n) is 6.64. The molecule has 0 bridgehead atoms. The molecule has 0 aliphatic rings. The van der Waals surface area contributed by atoms with Crippen molar-refractivity contribution in [1.82, 2.24) is 9.97 Å². The first-order valence-electron chi connectivity index (χ1n) is 9.62. The van der Waals surface area contributed by atoms with Gasteiger partial charge >= 0.3 is 0 Å². The molecule has 0 aliphatic carbocycles. The molecule has 3 aromatic heterocycles. The largest absolute Gasteiger partial charge is 0.493 e. The van der Waals surface area contributed by atoms with E-state index < -0.39 is 0 Å². The fourth-order valence-electron chi connectivity index (χ4n) is 3.37. The summed E-state index contributed by atoms with van der Waals surface area (Å²) in [5, 5.41) is 5.73. The zero-order valence-corrected chi connectivity index (χ0v) is 17.8. The Morgan fingerprint density at radius 3 is 2.90 bits per heavy atom. The fourth-order valence-corrected chi connectivity index (χ4v) is 4.17. The first-order chi connectivity index (χ1) is 14.6. The standard InChI is InChI=1S/C22H22FN3O3S/c1-4-28-14-9-19(30-11-14)17-10-20(26-12-25-17)24-8-7-15-13(2)29-22-18(27-3)6-5-16(23)21(15)22/h5-6,9-12H,4,7-8H2,1-3H3,(H,24,25,26). The summed E-state index contributed by atoms with van der Waals surface area (Å²) in [6.07, 6.45) is 2.11. The molecule has 1 aromatic carbocycles. The van der Waals surface area contributed by atoms with Crippen molar-refractivity contribution in [2.24, 2.45) is 0 Å². The van der Waals surface area contributed by atoms with Crippen LogP contribution in [-0.2, 0) is 6.42 Å². The van der Waals surface area contributed by atoms with E-state index in [0.717, 1.165) is 21.9 Å². The van der Waals surface area contributed by atoms with E-state index >= 15 is 0 Å². The van der Waals surface area contributed by atoms with Crippen molar-refractivity contribution < 1.29 is 18.3 Å². The molecule has 4 aromatic rings. The SMILES string of the molecule is CCOc1csc(-c2cc(NCCc3c(C)oc4c(OC)ccc(F)c34)ncn2)c1. The van der Waals surface area contributed by atoms with Crippen molar-refractivity contribution in [2.45, 2.75) is 20.3 Å².